The molecule has 6 heteroatoms. The molecule has 0 saturated heterocycles. The lowest BCUT2D eigenvalue weighted by Gasteiger charge is -2.05. The standard InChI is InChI=1S/C11H11N3O3/c1-8-3-4-9(14(16)17)7-10(8)11(15)13-6-2-5-12/h3-4,7H,2,6H2,1H3,(H,13,15). The van der Waals surface area contributed by atoms with Crippen LogP contribution in [0.25, 0.3) is 0 Å². The Morgan fingerprint density at radius 2 is 2.29 bits per heavy atom. The highest BCUT2D eigenvalue weighted by atomic mass is 16.6. The number of nitriles is 1. The van der Waals surface area contributed by atoms with Crippen LogP contribution in [0.5, 0.6) is 0 Å². The second-order valence-corrected chi connectivity index (χ2v) is 3.42. The van der Waals surface area contributed by atoms with Gasteiger partial charge >= 0.3 is 0 Å². The summed E-state index contributed by atoms with van der Waals surface area (Å²) in [5, 5.41) is 21.4. The van der Waals surface area contributed by atoms with Gasteiger partial charge in [-0.1, -0.05) is 6.07 Å². The molecule has 1 N–H and O–H groups in total. The maximum Gasteiger partial charge on any atom is 0.270 e. The van der Waals surface area contributed by atoms with Crippen molar-refractivity contribution in [3.05, 3.63) is 39.4 Å². The van der Waals surface area contributed by atoms with Crippen molar-refractivity contribution in [2.24, 2.45) is 0 Å². The summed E-state index contributed by atoms with van der Waals surface area (Å²) in [6, 6.07) is 6.00. The number of carbonyl (C=O) groups excluding carboxylic acids is 1. The van der Waals surface area contributed by atoms with E-state index < -0.39 is 10.8 Å². The van der Waals surface area contributed by atoms with Gasteiger partial charge in [-0.15, -0.1) is 0 Å². The van der Waals surface area contributed by atoms with Crippen molar-refractivity contribution in [3.8, 4) is 6.07 Å². The average molecular weight is 233 g/mol. The van der Waals surface area contributed by atoms with E-state index in [1.807, 2.05) is 6.07 Å². The molecule has 6 nitrogen and oxygen atoms in total. The van der Waals surface area contributed by atoms with Crippen LogP contribution in [0.2, 0.25) is 0 Å². The van der Waals surface area contributed by atoms with Gasteiger partial charge in [-0.05, 0) is 12.5 Å². The Labute approximate surface area is 98.0 Å². The van der Waals surface area contributed by atoms with E-state index in [1.165, 1.54) is 18.2 Å². The number of hydrogen-bond donors (Lipinski definition) is 1. The molecule has 0 spiro atoms. The van der Waals surface area contributed by atoms with Gasteiger partial charge in [0.05, 0.1) is 17.4 Å². The first kappa shape index (κ1) is 12.6. The fourth-order valence-electron chi connectivity index (χ4n) is 1.30. The second kappa shape index (κ2) is 5.61. The van der Waals surface area contributed by atoms with Crippen molar-refractivity contribution < 1.29 is 9.72 Å². The Balaban J connectivity index is 2.89. The molecule has 1 aromatic rings. The van der Waals surface area contributed by atoms with Gasteiger partial charge in [-0.25, -0.2) is 0 Å². The highest BCUT2D eigenvalue weighted by Gasteiger charge is 2.13. The van der Waals surface area contributed by atoms with Crippen molar-refractivity contribution >= 4 is 11.6 Å². The first-order valence-corrected chi connectivity index (χ1v) is 4.96. The van der Waals surface area contributed by atoms with Gasteiger partial charge in [0, 0.05) is 24.2 Å². The molecular formula is C11H11N3O3. The van der Waals surface area contributed by atoms with E-state index >= 15 is 0 Å². The van der Waals surface area contributed by atoms with Crippen molar-refractivity contribution in [1.29, 1.82) is 5.26 Å². The molecule has 0 aliphatic heterocycles. The molecule has 1 amide bonds. The van der Waals surface area contributed by atoms with Crippen LogP contribution in [0.1, 0.15) is 22.3 Å². The molecule has 0 atom stereocenters. The van der Waals surface area contributed by atoms with Crippen molar-refractivity contribution in [2.75, 3.05) is 6.54 Å². The molecule has 0 unspecified atom stereocenters. The fraction of sp³-hybridized carbons (Fsp3) is 0.273. The number of aryl methyl sites for hydroxylation is 1. The average Bonchev–Trinajstić information content (AvgIpc) is 2.29. The van der Waals surface area contributed by atoms with Crippen LogP contribution in [0.3, 0.4) is 0 Å². The summed E-state index contributed by atoms with van der Waals surface area (Å²) >= 11 is 0. The summed E-state index contributed by atoms with van der Waals surface area (Å²) in [7, 11) is 0. The quantitative estimate of drug-likeness (QED) is 0.484. The van der Waals surface area contributed by atoms with Gasteiger partial charge in [0.15, 0.2) is 0 Å². The molecule has 0 bridgehead atoms. The maximum atomic E-state index is 11.7. The Morgan fingerprint density at radius 1 is 1.59 bits per heavy atom. The Hall–Kier alpha value is -2.42. The predicted molar refractivity (Wildman–Crippen MR) is 60.4 cm³/mol. The molecule has 1 aromatic carbocycles. The van der Waals surface area contributed by atoms with Crippen molar-refractivity contribution in [3.63, 3.8) is 0 Å². The molecule has 0 fully saturated rings. The topological polar surface area (TPSA) is 96.0 Å². The number of rotatable bonds is 4. The van der Waals surface area contributed by atoms with Crippen molar-refractivity contribution in [1.82, 2.24) is 5.32 Å². The number of nitrogens with one attached hydrogen (secondary N) is 1. The van der Waals surface area contributed by atoms with E-state index in [2.05, 4.69) is 5.32 Å². The number of amides is 1. The van der Waals surface area contributed by atoms with Crippen LogP contribution in [-0.4, -0.2) is 17.4 Å². The zero-order valence-electron chi connectivity index (χ0n) is 9.27. The Morgan fingerprint density at radius 3 is 2.88 bits per heavy atom. The van der Waals surface area contributed by atoms with Gasteiger partial charge in [0.25, 0.3) is 11.6 Å². The normalized spacial score (nSPS) is 9.41. The zero-order valence-corrected chi connectivity index (χ0v) is 9.27. The van der Waals surface area contributed by atoms with Crippen LogP contribution < -0.4 is 5.32 Å². The summed E-state index contributed by atoms with van der Waals surface area (Å²) < 4.78 is 0. The number of nitro benzene ring substituents is 1. The van der Waals surface area contributed by atoms with E-state index in [0.717, 1.165) is 0 Å². The molecule has 88 valence electrons. The van der Waals surface area contributed by atoms with Crippen LogP contribution in [0.15, 0.2) is 18.2 Å². The largest absolute Gasteiger partial charge is 0.351 e. The van der Waals surface area contributed by atoms with Gasteiger partial charge in [0.2, 0.25) is 0 Å². The monoisotopic (exact) mass is 233 g/mol. The maximum absolute atomic E-state index is 11.7. The molecule has 0 aliphatic carbocycles. The van der Waals surface area contributed by atoms with Gasteiger partial charge < -0.3 is 5.32 Å². The number of non-ortho nitro benzene ring substituents is 1. The molecular weight excluding hydrogens is 222 g/mol. The Kier molecular flexibility index (Phi) is 4.17. The van der Waals surface area contributed by atoms with E-state index in [9.17, 15) is 14.9 Å². The first-order valence-electron chi connectivity index (χ1n) is 4.96. The molecule has 0 aliphatic rings. The highest BCUT2D eigenvalue weighted by Crippen LogP contribution is 2.17. The minimum atomic E-state index is -0.550. The van der Waals surface area contributed by atoms with Crippen LogP contribution in [0.4, 0.5) is 5.69 Å². The SMILES string of the molecule is Cc1ccc([N+](=O)[O-])cc1C(=O)NCCC#N. The number of nitrogens with zero attached hydrogens (tertiary/aromatic N) is 2. The third-order valence-electron chi connectivity index (χ3n) is 2.20. The molecule has 0 radical (unpaired) electrons. The molecule has 0 aromatic heterocycles. The minimum absolute atomic E-state index is 0.124. The number of carbonyl (C=O) groups is 1. The smallest absolute Gasteiger partial charge is 0.270 e. The molecule has 17 heavy (non-hydrogen) atoms. The van der Waals surface area contributed by atoms with Crippen molar-refractivity contribution in [2.45, 2.75) is 13.3 Å². The van der Waals surface area contributed by atoms with Gasteiger partial charge in [-0.3, -0.25) is 14.9 Å². The highest BCUT2D eigenvalue weighted by molar-refractivity contribution is 5.96. The minimum Gasteiger partial charge on any atom is -0.351 e. The summed E-state index contributed by atoms with van der Waals surface area (Å²) in [4.78, 5) is 21.7. The van der Waals surface area contributed by atoms with E-state index in [-0.39, 0.29) is 24.2 Å². The van der Waals surface area contributed by atoms with E-state index in [0.29, 0.717) is 5.56 Å². The molecule has 0 heterocycles. The Bertz CT molecular complexity index is 491. The lowest BCUT2D eigenvalue weighted by atomic mass is 10.1. The number of nitro groups is 1. The third-order valence-corrected chi connectivity index (χ3v) is 2.20. The van der Waals surface area contributed by atoms with E-state index in [1.54, 1.807) is 6.92 Å². The third kappa shape index (κ3) is 3.28. The zero-order chi connectivity index (χ0) is 12.8. The summed E-state index contributed by atoms with van der Waals surface area (Å²) in [5.74, 6) is -0.401. The predicted octanol–water partition coefficient (Wildman–Crippen LogP) is 1.55. The van der Waals surface area contributed by atoms with Crippen LogP contribution in [-0.2, 0) is 0 Å². The fourth-order valence-corrected chi connectivity index (χ4v) is 1.30. The summed E-state index contributed by atoms with van der Waals surface area (Å²) in [6.45, 7) is 1.93. The van der Waals surface area contributed by atoms with Gasteiger partial charge in [0.1, 0.15) is 0 Å². The summed E-state index contributed by atoms with van der Waals surface area (Å²) in [5.41, 5.74) is 0.795. The summed E-state index contributed by atoms with van der Waals surface area (Å²) in [6.07, 6.45) is 0.208. The van der Waals surface area contributed by atoms with E-state index in [4.69, 9.17) is 5.26 Å². The molecule has 1 rings (SSSR count). The lowest BCUT2D eigenvalue weighted by Crippen LogP contribution is -2.25. The number of hydrogen-bond acceptors (Lipinski definition) is 4. The molecule has 0 saturated carbocycles. The second-order valence-electron chi connectivity index (χ2n) is 3.42. The van der Waals surface area contributed by atoms with Gasteiger partial charge in [-0.2, -0.15) is 5.26 Å². The van der Waals surface area contributed by atoms with Crippen LogP contribution >= 0.6 is 0 Å². The number of benzene rings is 1. The van der Waals surface area contributed by atoms with Crippen LogP contribution in [0, 0.1) is 28.4 Å². The first-order chi connectivity index (χ1) is 8.06. The lowest BCUT2D eigenvalue weighted by molar-refractivity contribution is -0.384.